The van der Waals surface area contributed by atoms with E-state index in [9.17, 15) is 9.59 Å². The van der Waals surface area contributed by atoms with E-state index in [1.807, 2.05) is 6.92 Å². The van der Waals surface area contributed by atoms with Gasteiger partial charge in [0.25, 0.3) is 0 Å². The molecule has 0 aromatic carbocycles. The molecule has 5 heteroatoms. The highest BCUT2D eigenvalue weighted by atomic mass is 16.2. The standard InChI is InChI=1S/C13H25N3O2/c1-2-5-12(17)15-9-13(18)16-11-7-4-3-6-10(11)8-14/h10-11H,2-9,14H2,1H3,(H,15,17)(H,16,18). The van der Waals surface area contributed by atoms with Crippen molar-refractivity contribution in [2.75, 3.05) is 13.1 Å². The molecule has 0 aromatic rings. The summed E-state index contributed by atoms with van der Waals surface area (Å²) < 4.78 is 0. The molecule has 2 atom stereocenters. The molecule has 2 amide bonds. The quantitative estimate of drug-likeness (QED) is 0.647. The molecule has 2 unspecified atom stereocenters. The fraction of sp³-hybridized carbons (Fsp3) is 0.846. The van der Waals surface area contributed by atoms with Crippen molar-refractivity contribution < 1.29 is 9.59 Å². The second-order valence-corrected chi connectivity index (χ2v) is 4.98. The number of amides is 2. The molecule has 1 aliphatic rings. The zero-order valence-corrected chi connectivity index (χ0v) is 11.2. The van der Waals surface area contributed by atoms with Gasteiger partial charge in [0.1, 0.15) is 0 Å². The number of hydrogen-bond donors (Lipinski definition) is 3. The van der Waals surface area contributed by atoms with Crippen LogP contribution in [0.3, 0.4) is 0 Å². The average Bonchev–Trinajstić information content (AvgIpc) is 2.37. The minimum absolute atomic E-state index is 0.0633. The molecule has 1 saturated carbocycles. The Kier molecular flexibility index (Phi) is 6.72. The lowest BCUT2D eigenvalue weighted by atomic mass is 9.84. The van der Waals surface area contributed by atoms with E-state index in [1.54, 1.807) is 0 Å². The Hall–Kier alpha value is -1.10. The van der Waals surface area contributed by atoms with E-state index < -0.39 is 0 Å². The first-order valence-corrected chi connectivity index (χ1v) is 6.93. The molecular formula is C13H25N3O2. The fourth-order valence-electron chi connectivity index (χ4n) is 2.43. The molecular weight excluding hydrogens is 230 g/mol. The van der Waals surface area contributed by atoms with Gasteiger partial charge in [-0.3, -0.25) is 9.59 Å². The normalized spacial score (nSPS) is 23.4. The van der Waals surface area contributed by atoms with Gasteiger partial charge in [-0.1, -0.05) is 19.8 Å². The van der Waals surface area contributed by atoms with Crippen molar-refractivity contribution in [1.82, 2.24) is 10.6 Å². The van der Waals surface area contributed by atoms with Crippen LogP contribution in [0, 0.1) is 5.92 Å². The van der Waals surface area contributed by atoms with Gasteiger partial charge in [-0.2, -0.15) is 0 Å². The van der Waals surface area contributed by atoms with E-state index in [2.05, 4.69) is 10.6 Å². The van der Waals surface area contributed by atoms with Crippen LogP contribution in [0.4, 0.5) is 0 Å². The van der Waals surface area contributed by atoms with Crippen LogP contribution in [0.5, 0.6) is 0 Å². The first-order chi connectivity index (χ1) is 8.67. The van der Waals surface area contributed by atoms with Crippen LogP contribution >= 0.6 is 0 Å². The number of nitrogens with one attached hydrogen (secondary N) is 2. The van der Waals surface area contributed by atoms with Crippen LogP contribution in [0.25, 0.3) is 0 Å². The Morgan fingerprint density at radius 3 is 2.61 bits per heavy atom. The summed E-state index contributed by atoms with van der Waals surface area (Å²) in [6.07, 6.45) is 5.69. The van der Waals surface area contributed by atoms with Gasteiger partial charge < -0.3 is 16.4 Å². The molecule has 5 nitrogen and oxygen atoms in total. The largest absolute Gasteiger partial charge is 0.352 e. The van der Waals surface area contributed by atoms with Crippen molar-refractivity contribution in [1.29, 1.82) is 0 Å². The van der Waals surface area contributed by atoms with Crippen molar-refractivity contribution in [2.24, 2.45) is 11.7 Å². The third kappa shape index (κ3) is 5.04. The van der Waals surface area contributed by atoms with Crippen molar-refractivity contribution in [3.63, 3.8) is 0 Å². The van der Waals surface area contributed by atoms with E-state index in [-0.39, 0.29) is 24.4 Å². The zero-order valence-electron chi connectivity index (χ0n) is 11.2. The SMILES string of the molecule is CCCC(=O)NCC(=O)NC1CCCCC1CN. The third-order valence-electron chi connectivity index (χ3n) is 3.48. The highest BCUT2D eigenvalue weighted by Crippen LogP contribution is 2.23. The first-order valence-electron chi connectivity index (χ1n) is 6.93. The summed E-state index contributed by atoms with van der Waals surface area (Å²) in [5.41, 5.74) is 5.71. The third-order valence-corrected chi connectivity index (χ3v) is 3.48. The molecule has 0 heterocycles. The lowest BCUT2D eigenvalue weighted by Gasteiger charge is -2.31. The highest BCUT2D eigenvalue weighted by Gasteiger charge is 2.25. The molecule has 0 radical (unpaired) electrons. The van der Waals surface area contributed by atoms with E-state index in [4.69, 9.17) is 5.73 Å². The molecule has 0 bridgehead atoms. The molecule has 1 rings (SSSR count). The van der Waals surface area contributed by atoms with Crippen molar-refractivity contribution in [3.8, 4) is 0 Å². The van der Waals surface area contributed by atoms with Crippen molar-refractivity contribution in [2.45, 2.75) is 51.5 Å². The summed E-state index contributed by atoms with van der Waals surface area (Å²) in [4.78, 5) is 23.0. The molecule has 0 aliphatic heterocycles. The monoisotopic (exact) mass is 255 g/mol. The predicted octanol–water partition coefficient (Wildman–Crippen LogP) is 0.536. The summed E-state index contributed by atoms with van der Waals surface area (Å²) in [5, 5.41) is 5.61. The van der Waals surface area contributed by atoms with Crippen LogP contribution in [-0.4, -0.2) is 30.9 Å². The van der Waals surface area contributed by atoms with Crippen LogP contribution in [0.15, 0.2) is 0 Å². The van der Waals surface area contributed by atoms with Gasteiger partial charge in [-0.15, -0.1) is 0 Å². The van der Waals surface area contributed by atoms with Gasteiger partial charge in [0.2, 0.25) is 11.8 Å². The molecule has 4 N–H and O–H groups in total. The van der Waals surface area contributed by atoms with Gasteiger partial charge in [0, 0.05) is 12.5 Å². The molecule has 1 fully saturated rings. The highest BCUT2D eigenvalue weighted by molar-refractivity contribution is 5.84. The van der Waals surface area contributed by atoms with Gasteiger partial charge >= 0.3 is 0 Å². The number of nitrogens with two attached hydrogens (primary N) is 1. The predicted molar refractivity (Wildman–Crippen MR) is 70.9 cm³/mol. The number of carbonyl (C=O) groups is 2. The lowest BCUT2D eigenvalue weighted by molar-refractivity contribution is -0.126. The minimum Gasteiger partial charge on any atom is -0.352 e. The average molecular weight is 255 g/mol. The topological polar surface area (TPSA) is 84.2 Å². The summed E-state index contributed by atoms with van der Waals surface area (Å²) in [7, 11) is 0. The van der Waals surface area contributed by atoms with E-state index in [0.717, 1.165) is 25.7 Å². The van der Waals surface area contributed by atoms with E-state index in [1.165, 1.54) is 6.42 Å². The summed E-state index contributed by atoms with van der Waals surface area (Å²) in [6, 6.07) is 0.180. The van der Waals surface area contributed by atoms with Crippen molar-refractivity contribution in [3.05, 3.63) is 0 Å². The maximum Gasteiger partial charge on any atom is 0.239 e. The number of carbonyl (C=O) groups excluding carboxylic acids is 2. The Balaban J connectivity index is 2.27. The molecule has 0 spiro atoms. The Bertz CT molecular complexity index is 281. The first kappa shape index (κ1) is 15.0. The van der Waals surface area contributed by atoms with Gasteiger partial charge in [0.05, 0.1) is 6.54 Å². The maximum absolute atomic E-state index is 11.7. The van der Waals surface area contributed by atoms with Gasteiger partial charge in [0.15, 0.2) is 0 Å². The van der Waals surface area contributed by atoms with Crippen LogP contribution in [0.1, 0.15) is 45.4 Å². The Morgan fingerprint density at radius 1 is 1.22 bits per heavy atom. The Morgan fingerprint density at radius 2 is 1.94 bits per heavy atom. The van der Waals surface area contributed by atoms with Crippen LogP contribution < -0.4 is 16.4 Å². The van der Waals surface area contributed by atoms with Gasteiger partial charge in [-0.05, 0) is 31.7 Å². The number of hydrogen-bond acceptors (Lipinski definition) is 3. The molecule has 104 valence electrons. The minimum atomic E-state index is -0.107. The molecule has 0 aromatic heterocycles. The summed E-state index contributed by atoms with van der Waals surface area (Å²) >= 11 is 0. The molecule has 18 heavy (non-hydrogen) atoms. The summed E-state index contributed by atoms with van der Waals surface area (Å²) in [5.74, 6) is 0.213. The second-order valence-electron chi connectivity index (χ2n) is 4.98. The lowest BCUT2D eigenvalue weighted by Crippen LogP contribution is -2.48. The smallest absolute Gasteiger partial charge is 0.239 e. The van der Waals surface area contributed by atoms with E-state index in [0.29, 0.717) is 18.9 Å². The maximum atomic E-state index is 11.7. The van der Waals surface area contributed by atoms with E-state index >= 15 is 0 Å². The fourth-order valence-corrected chi connectivity index (χ4v) is 2.43. The van der Waals surface area contributed by atoms with Crippen LogP contribution in [-0.2, 0) is 9.59 Å². The van der Waals surface area contributed by atoms with Crippen molar-refractivity contribution >= 4 is 11.8 Å². The Labute approximate surface area is 109 Å². The molecule has 0 saturated heterocycles. The summed E-state index contributed by atoms with van der Waals surface area (Å²) in [6.45, 7) is 2.63. The second kappa shape index (κ2) is 8.08. The zero-order chi connectivity index (χ0) is 13.4. The van der Waals surface area contributed by atoms with Gasteiger partial charge in [-0.25, -0.2) is 0 Å². The number of rotatable bonds is 6. The molecule has 1 aliphatic carbocycles. The van der Waals surface area contributed by atoms with Crippen LogP contribution in [0.2, 0.25) is 0 Å².